The predicted octanol–water partition coefficient (Wildman–Crippen LogP) is 4.01. The Morgan fingerprint density at radius 3 is 1.82 bits per heavy atom. The normalized spacial score (nSPS) is 13.2. The minimum Gasteiger partial charge on any atom is -0.302 e. The van der Waals surface area contributed by atoms with E-state index in [1.807, 2.05) is 0 Å². The summed E-state index contributed by atoms with van der Waals surface area (Å²) in [6, 6.07) is 0. The van der Waals surface area contributed by atoms with Gasteiger partial charge in [0, 0.05) is 0 Å². The summed E-state index contributed by atoms with van der Waals surface area (Å²) >= 11 is 0. The molecular formula is C15H34N2. The highest BCUT2D eigenvalue weighted by atomic mass is 15.2. The minimum atomic E-state index is 0.555. The number of rotatable bonds is 12. The topological polar surface area (TPSA) is 15.3 Å². The summed E-state index contributed by atoms with van der Waals surface area (Å²) in [6.07, 6.45) is 13.0. The van der Waals surface area contributed by atoms with E-state index in [4.69, 9.17) is 0 Å². The van der Waals surface area contributed by atoms with E-state index in [1.165, 1.54) is 64.3 Å². The largest absolute Gasteiger partial charge is 0.302 e. The van der Waals surface area contributed by atoms with Crippen molar-refractivity contribution in [3.05, 3.63) is 0 Å². The Labute approximate surface area is 109 Å². The summed E-state index contributed by atoms with van der Waals surface area (Å²) in [4.78, 5) is 2.27. The lowest BCUT2D eigenvalue weighted by Crippen LogP contribution is -2.41. The molecule has 1 atom stereocenters. The van der Waals surface area contributed by atoms with Gasteiger partial charge in [-0.3, -0.25) is 4.90 Å². The molecule has 0 aliphatic carbocycles. The lowest BCUT2D eigenvalue weighted by Gasteiger charge is -2.24. The second kappa shape index (κ2) is 12.4. The van der Waals surface area contributed by atoms with Crippen molar-refractivity contribution in [1.82, 2.24) is 10.2 Å². The van der Waals surface area contributed by atoms with Crippen molar-refractivity contribution in [2.75, 3.05) is 20.6 Å². The van der Waals surface area contributed by atoms with E-state index in [0.717, 1.165) is 0 Å². The Hall–Kier alpha value is -0.0800. The summed E-state index contributed by atoms with van der Waals surface area (Å²) in [5, 5.41) is 3.61. The van der Waals surface area contributed by atoms with Gasteiger partial charge in [0.25, 0.3) is 0 Å². The summed E-state index contributed by atoms with van der Waals surface area (Å²) in [7, 11) is 4.30. The van der Waals surface area contributed by atoms with E-state index >= 15 is 0 Å². The highest BCUT2D eigenvalue weighted by molar-refractivity contribution is 4.61. The molecule has 0 aliphatic rings. The van der Waals surface area contributed by atoms with Crippen LogP contribution in [0.3, 0.4) is 0 Å². The Morgan fingerprint density at radius 2 is 1.35 bits per heavy atom. The first-order valence-corrected chi connectivity index (χ1v) is 7.62. The second-order valence-corrected chi connectivity index (χ2v) is 5.32. The van der Waals surface area contributed by atoms with Gasteiger partial charge >= 0.3 is 0 Å². The summed E-state index contributed by atoms with van der Waals surface area (Å²) in [5.74, 6) is 0. The maximum Gasteiger partial charge on any atom is 0.0589 e. The van der Waals surface area contributed by atoms with Gasteiger partial charge in [-0.15, -0.1) is 0 Å². The van der Waals surface area contributed by atoms with Crippen molar-refractivity contribution in [1.29, 1.82) is 0 Å². The fourth-order valence-corrected chi connectivity index (χ4v) is 2.22. The third-order valence-corrected chi connectivity index (χ3v) is 3.42. The molecule has 0 bridgehead atoms. The molecule has 17 heavy (non-hydrogen) atoms. The van der Waals surface area contributed by atoms with Crippen molar-refractivity contribution >= 4 is 0 Å². The molecule has 0 rings (SSSR count). The zero-order chi connectivity index (χ0) is 12.9. The van der Waals surface area contributed by atoms with E-state index in [9.17, 15) is 0 Å². The maximum absolute atomic E-state index is 3.61. The van der Waals surface area contributed by atoms with E-state index in [-0.39, 0.29) is 0 Å². The number of hydrogen-bond donors (Lipinski definition) is 1. The third-order valence-electron chi connectivity index (χ3n) is 3.42. The third kappa shape index (κ3) is 10.8. The van der Waals surface area contributed by atoms with E-state index in [0.29, 0.717) is 6.17 Å². The summed E-state index contributed by atoms with van der Waals surface area (Å²) in [5.41, 5.74) is 0. The highest BCUT2D eigenvalue weighted by Gasteiger charge is 2.05. The molecule has 0 radical (unpaired) electrons. The van der Waals surface area contributed by atoms with Gasteiger partial charge < -0.3 is 5.32 Å². The standard InChI is InChI=1S/C15H34N2/c1-5-7-8-9-10-11-12-13-14-16-15(6-2)17(3)4/h15-16H,5-14H2,1-4H3. The number of unbranched alkanes of at least 4 members (excludes halogenated alkanes) is 7. The van der Waals surface area contributed by atoms with Crippen LogP contribution in [-0.2, 0) is 0 Å². The molecule has 0 aromatic rings. The van der Waals surface area contributed by atoms with Crippen LogP contribution in [0.15, 0.2) is 0 Å². The predicted molar refractivity (Wildman–Crippen MR) is 78.4 cm³/mol. The lowest BCUT2D eigenvalue weighted by molar-refractivity contribution is 0.238. The molecule has 0 aliphatic heterocycles. The summed E-state index contributed by atoms with van der Waals surface area (Å²) in [6.45, 7) is 5.69. The van der Waals surface area contributed by atoms with Crippen LogP contribution in [0.1, 0.15) is 71.6 Å². The molecule has 0 saturated carbocycles. The Kier molecular flexibility index (Phi) is 12.3. The molecule has 0 amide bonds. The number of nitrogens with one attached hydrogen (secondary N) is 1. The molecule has 0 heterocycles. The smallest absolute Gasteiger partial charge is 0.0589 e. The first-order chi connectivity index (χ1) is 8.22. The minimum absolute atomic E-state index is 0.555. The van der Waals surface area contributed by atoms with Crippen LogP contribution in [0, 0.1) is 0 Å². The molecule has 2 heteroatoms. The molecular weight excluding hydrogens is 208 g/mol. The van der Waals surface area contributed by atoms with Gasteiger partial charge in [-0.1, -0.05) is 58.8 Å². The van der Waals surface area contributed by atoms with Crippen LogP contribution in [-0.4, -0.2) is 31.7 Å². The van der Waals surface area contributed by atoms with Crippen molar-refractivity contribution < 1.29 is 0 Å². The first kappa shape index (κ1) is 16.9. The van der Waals surface area contributed by atoms with Gasteiger partial charge in [0.2, 0.25) is 0 Å². The molecule has 0 fully saturated rings. The van der Waals surface area contributed by atoms with Crippen LogP contribution < -0.4 is 5.32 Å². The fraction of sp³-hybridized carbons (Fsp3) is 1.00. The molecule has 0 saturated heterocycles. The van der Waals surface area contributed by atoms with Crippen molar-refractivity contribution in [3.63, 3.8) is 0 Å². The van der Waals surface area contributed by atoms with Crippen LogP contribution in [0.2, 0.25) is 0 Å². The molecule has 2 nitrogen and oxygen atoms in total. The molecule has 104 valence electrons. The number of nitrogens with zero attached hydrogens (tertiary/aromatic N) is 1. The molecule has 0 aromatic heterocycles. The van der Waals surface area contributed by atoms with E-state index < -0.39 is 0 Å². The zero-order valence-corrected chi connectivity index (χ0v) is 12.6. The average molecular weight is 242 g/mol. The SMILES string of the molecule is CCCCCCCCCCNC(CC)N(C)C. The molecule has 0 aromatic carbocycles. The molecule has 1 N–H and O–H groups in total. The second-order valence-electron chi connectivity index (χ2n) is 5.32. The Morgan fingerprint density at radius 1 is 0.824 bits per heavy atom. The van der Waals surface area contributed by atoms with Gasteiger partial charge in [0.05, 0.1) is 6.17 Å². The van der Waals surface area contributed by atoms with Crippen LogP contribution in [0.5, 0.6) is 0 Å². The van der Waals surface area contributed by atoms with Gasteiger partial charge in [0.1, 0.15) is 0 Å². The van der Waals surface area contributed by atoms with Gasteiger partial charge in [-0.2, -0.15) is 0 Å². The van der Waals surface area contributed by atoms with E-state index in [1.54, 1.807) is 0 Å². The Bertz CT molecular complexity index is 146. The molecule has 1 unspecified atom stereocenters. The van der Waals surface area contributed by atoms with Crippen LogP contribution >= 0.6 is 0 Å². The monoisotopic (exact) mass is 242 g/mol. The van der Waals surface area contributed by atoms with Gasteiger partial charge in [-0.25, -0.2) is 0 Å². The van der Waals surface area contributed by atoms with Crippen LogP contribution in [0.25, 0.3) is 0 Å². The fourth-order valence-electron chi connectivity index (χ4n) is 2.22. The van der Waals surface area contributed by atoms with Crippen molar-refractivity contribution in [2.45, 2.75) is 77.8 Å². The average Bonchev–Trinajstić information content (AvgIpc) is 2.31. The maximum atomic E-state index is 3.61. The lowest BCUT2D eigenvalue weighted by atomic mass is 10.1. The van der Waals surface area contributed by atoms with Gasteiger partial charge in [0.15, 0.2) is 0 Å². The van der Waals surface area contributed by atoms with Gasteiger partial charge in [-0.05, 0) is 33.5 Å². The summed E-state index contributed by atoms with van der Waals surface area (Å²) < 4.78 is 0. The highest BCUT2D eigenvalue weighted by Crippen LogP contribution is 2.08. The zero-order valence-electron chi connectivity index (χ0n) is 12.6. The van der Waals surface area contributed by atoms with Crippen LogP contribution in [0.4, 0.5) is 0 Å². The van der Waals surface area contributed by atoms with E-state index in [2.05, 4.69) is 38.2 Å². The number of hydrogen-bond acceptors (Lipinski definition) is 2. The van der Waals surface area contributed by atoms with Crippen molar-refractivity contribution in [2.24, 2.45) is 0 Å². The quantitative estimate of drug-likeness (QED) is 0.411. The Balaban J connectivity index is 3.17. The van der Waals surface area contributed by atoms with Crippen molar-refractivity contribution in [3.8, 4) is 0 Å². The first-order valence-electron chi connectivity index (χ1n) is 7.62. The molecule has 0 spiro atoms.